The van der Waals surface area contributed by atoms with Gasteiger partial charge in [-0.2, -0.15) is 0 Å². The number of halogens is 1. The molecule has 1 heterocycles. The minimum absolute atomic E-state index is 0.0259. The largest absolute Gasteiger partial charge is 0.389 e. The summed E-state index contributed by atoms with van der Waals surface area (Å²) in [5, 5.41) is 13.2. The molecule has 1 saturated heterocycles. The number of amides is 3. The Morgan fingerprint density at radius 3 is 2.06 bits per heavy atom. The smallest absolute Gasteiger partial charge is 0.325 e. The lowest BCUT2D eigenvalue weighted by Gasteiger charge is -2.28. The van der Waals surface area contributed by atoms with Crippen LogP contribution in [0.25, 0.3) is 0 Å². The Labute approximate surface area is 185 Å². The molecule has 1 atom stereocenters. The van der Waals surface area contributed by atoms with Crippen molar-refractivity contribution in [2.45, 2.75) is 18.2 Å². The van der Waals surface area contributed by atoms with Gasteiger partial charge in [-0.05, 0) is 17.2 Å². The van der Waals surface area contributed by atoms with Gasteiger partial charge in [0.2, 0.25) is 0 Å². The molecule has 2 N–H and O–H groups in total. The van der Waals surface area contributed by atoms with Crippen molar-refractivity contribution in [3.8, 4) is 0 Å². The molecule has 4 rings (SSSR count). The summed E-state index contributed by atoms with van der Waals surface area (Å²) in [6.45, 7) is -0.430. The molecule has 3 aromatic carbocycles. The third-order valence-electron chi connectivity index (χ3n) is 5.44. The highest BCUT2D eigenvalue weighted by atomic mass is 19.1. The molecular formula is C25H23FN2O4. The van der Waals surface area contributed by atoms with E-state index in [1.807, 2.05) is 12.1 Å². The van der Waals surface area contributed by atoms with Crippen LogP contribution < -0.4 is 5.32 Å². The predicted octanol–water partition coefficient (Wildman–Crippen LogP) is 3.20. The third-order valence-corrected chi connectivity index (χ3v) is 5.44. The van der Waals surface area contributed by atoms with Crippen LogP contribution in [0.15, 0.2) is 84.9 Å². The van der Waals surface area contributed by atoms with Crippen molar-refractivity contribution < 1.29 is 23.8 Å². The molecule has 3 amide bonds. The average molecular weight is 434 g/mol. The molecule has 0 spiro atoms. The number of nitrogens with zero attached hydrogens (tertiary/aromatic N) is 1. The van der Waals surface area contributed by atoms with E-state index in [2.05, 4.69) is 5.32 Å². The van der Waals surface area contributed by atoms with Crippen molar-refractivity contribution in [1.29, 1.82) is 0 Å². The number of β-amino-alcohol motifs (C(OH)–C–C–N with tert-alkyl or cyclic N) is 1. The summed E-state index contributed by atoms with van der Waals surface area (Å²) < 4.78 is 19.1. The summed E-state index contributed by atoms with van der Waals surface area (Å²) in [6, 6.07) is 23.6. The summed E-state index contributed by atoms with van der Waals surface area (Å²) in [5.41, 5.74) is 0.226. The summed E-state index contributed by atoms with van der Waals surface area (Å²) in [7, 11) is 0. The number of carbonyl (C=O) groups excluding carboxylic acids is 2. The van der Waals surface area contributed by atoms with Gasteiger partial charge in [-0.3, -0.25) is 9.69 Å². The second kappa shape index (κ2) is 9.30. The molecule has 6 nitrogen and oxygen atoms in total. The summed E-state index contributed by atoms with van der Waals surface area (Å²) in [4.78, 5) is 27.4. The maximum Gasteiger partial charge on any atom is 0.325 e. The number of rotatable bonds is 8. The maximum absolute atomic E-state index is 13.7. The standard InChI is InChI=1S/C25H23FN2O4/c26-22-14-8-7-9-18(22)16-32-17-21(29)15-28-23(30)25(27-24(28)31,19-10-3-1-4-11-19)20-12-5-2-6-13-20/h1-14,21,29H,15-17H2,(H,27,31)/t21-/m0/s1. The van der Waals surface area contributed by atoms with Crippen molar-refractivity contribution in [2.24, 2.45) is 0 Å². The van der Waals surface area contributed by atoms with Crippen LogP contribution in [0.2, 0.25) is 0 Å². The van der Waals surface area contributed by atoms with Crippen molar-refractivity contribution in [3.05, 3.63) is 107 Å². The molecule has 32 heavy (non-hydrogen) atoms. The lowest BCUT2D eigenvalue weighted by molar-refractivity contribution is -0.131. The predicted molar refractivity (Wildman–Crippen MR) is 116 cm³/mol. The number of benzene rings is 3. The van der Waals surface area contributed by atoms with Crippen molar-refractivity contribution in [3.63, 3.8) is 0 Å². The van der Waals surface area contributed by atoms with Crippen LogP contribution in [0.5, 0.6) is 0 Å². The van der Waals surface area contributed by atoms with Crippen LogP contribution in [-0.4, -0.2) is 41.2 Å². The zero-order valence-corrected chi connectivity index (χ0v) is 17.3. The highest BCUT2D eigenvalue weighted by Gasteiger charge is 2.53. The topological polar surface area (TPSA) is 78.9 Å². The molecular weight excluding hydrogens is 411 g/mol. The van der Waals surface area contributed by atoms with E-state index in [0.29, 0.717) is 16.7 Å². The van der Waals surface area contributed by atoms with E-state index in [0.717, 1.165) is 4.90 Å². The van der Waals surface area contributed by atoms with Gasteiger partial charge in [-0.1, -0.05) is 78.9 Å². The van der Waals surface area contributed by atoms with Gasteiger partial charge in [-0.15, -0.1) is 0 Å². The minimum atomic E-state index is -1.38. The zero-order chi connectivity index (χ0) is 22.6. The van der Waals surface area contributed by atoms with E-state index in [1.54, 1.807) is 66.7 Å². The molecule has 0 bridgehead atoms. The van der Waals surface area contributed by atoms with Crippen molar-refractivity contribution in [1.82, 2.24) is 10.2 Å². The Hall–Kier alpha value is -3.55. The first kappa shape index (κ1) is 21.7. The van der Waals surface area contributed by atoms with E-state index < -0.39 is 29.4 Å². The van der Waals surface area contributed by atoms with Gasteiger partial charge in [0.15, 0.2) is 5.54 Å². The zero-order valence-electron chi connectivity index (χ0n) is 17.3. The maximum atomic E-state index is 13.7. The first-order valence-electron chi connectivity index (χ1n) is 10.3. The fourth-order valence-electron chi connectivity index (χ4n) is 3.86. The summed E-state index contributed by atoms with van der Waals surface area (Å²) >= 11 is 0. The molecule has 0 aliphatic carbocycles. The SMILES string of the molecule is O=C1NC(c2ccccc2)(c2ccccc2)C(=O)N1C[C@H](O)COCc1ccccc1F. The van der Waals surface area contributed by atoms with Crippen molar-refractivity contribution >= 4 is 11.9 Å². The van der Waals surface area contributed by atoms with E-state index in [9.17, 15) is 19.1 Å². The van der Waals surface area contributed by atoms with Crippen LogP contribution in [0.1, 0.15) is 16.7 Å². The molecule has 7 heteroatoms. The Balaban J connectivity index is 1.50. The van der Waals surface area contributed by atoms with Crippen LogP contribution in [0.4, 0.5) is 9.18 Å². The summed E-state index contributed by atoms with van der Waals surface area (Å²) in [6.07, 6.45) is -1.13. The fourth-order valence-corrected chi connectivity index (χ4v) is 3.86. The highest BCUT2D eigenvalue weighted by Crippen LogP contribution is 2.36. The highest BCUT2D eigenvalue weighted by molar-refractivity contribution is 6.09. The van der Waals surface area contributed by atoms with Crippen LogP contribution >= 0.6 is 0 Å². The van der Waals surface area contributed by atoms with Gasteiger partial charge in [-0.25, -0.2) is 9.18 Å². The molecule has 0 aromatic heterocycles. The van der Waals surface area contributed by atoms with Gasteiger partial charge in [0.05, 0.1) is 25.9 Å². The number of hydrogen-bond donors (Lipinski definition) is 2. The minimum Gasteiger partial charge on any atom is -0.389 e. The number of hydrogen-bond acceptors (Lipinski definition) is 4. The van der Waals surface area contributed by atoms with Crippen LogP contribution in [0.3, 0.4) is 0 Å². The Bertz CT molecular complexity index is 1050. The molecule has 0 radical (unpaired) electrons. The van der Waals surface area contributed by atoms with Gasteiger partial charge in [0.1, 0.15) is 5.82 Å². The van der Waals surface area contributed by atoms with Gasteiger partial charge in [0.25, 0.3) is 5.91 Å². The first-order chi connectivity index (χ1) is 15.5. The van der Waals surface area contributed by atoms with Gasteiger partial charge >= 0.3 is 6.03 Å². The monoisotopic (exact) mass is 434 g/mol. The molecule has 0 unspecified atom stereocenters. The van der Waals surface area contributed by atoms with Crippen molar-refractivity contribution in [2.75, 3.05) is 13.2 Å². The van der Waals surface area contributed by atoms with E-state index in [1.165, 1.54) is 6.07 Å². The molecule has 1 aliphatic heterocycles. The quantitative estimate of drug-likeness (QED) is 0.534. The van der Waals surface area contributed by atoms with E-state index >= 15 is 0 Å². The number of urea groups is 1. The molecule has 164 valence electrons. The Morgan fingerprint density at radius 2 is 1.47 bits per heavy atom. The van der Waals surface area contributed by atoms with Gasteiger partial charge < -0.3 is 15.2 Å². The van der Waals surface area contributed by atoms with Crippen LogP contribution in [-0.2, 0) is 21.7 Å². The summed E-state index contributed by atoms with van der Waals surface area (Å²) in [5.74, 6) is -0.875. The molecule has 1 aliphatic rings. The molecule has 3 aromatic rings. The molecule has 1 fully saturated rings. The lowest BCUT2D eigenvalue weighted by Crippen LogP contribution is -2.45. The normalized spacial score (nSPS) is 16.1. The van der Waals surface area contributed by atoms with Gasteiger partial charge in [0, 0.05) is 5.56 Å². The van der Waals surface area contributed by atoms with E-state index in [4.69, 9.17) is 4.74 Å². The molecule has 0 saturated carbocycles. The third kappa shape index (κ3) is 4.12. The number of ether oxygens (including phenoxy) is 1. The lowest BCUT2D eigenvalue weighted by atomic mass is 9.82. The average Bonchev–Trinajstić information content (AvgIpc) is 3.07. The van der Waals surface area contributed by atoms with Crippen LogP contribution in [0, 0.1) is 5.82 Å². The number of aliphatic hydroxyl groups excluding tert-OH is 1. The number of aliphatic hydroxyl groups is 1. The Morgan fingerprint density at radius 1 is 0.906 bits per heavy atom. The number of carbonyl (C=O) groups is 2. The fraction of sp³-hybridized carbons (Fsp3) is 0.200. The number of nitrogens with one attached hydrogen (secondary N) is 1. The van der Waals surface area contributed by atoms with E-state index in [-0.39, 0.29) is 19.8 Å². The Kier molecular flexibility index (Phi) is 6.30. The first-order valence-corrected chi connectivity index (χ1v) is 10.3. The second-order valence-electron chi connectivity index (χ2n) is 7.59. The number of imide groups is 1. The second-order valence-corrected chi connectivity index (χ2v) is 7.59.